The standard InChI is InChI=1S/C28H41F5O/c1-2-3-4-5-21-8-14-24(15-9-21)25-16-10-22(11-17-25)6-7-23-12-18-26(19-13-23)34-20-27(29,30)28(31,32)33/h12-13,18-19,21-22,24-25H,2-11,14-17,20H2,1H3/t21-,22-,24-,25-. The molecule has 6 heteroatoms. The van der Waals surface area contributed by atoms with Crippen molar-refractivity contribution in [2.75, 3.05) is 6.61 Å². The minimum atomic E-state index is -5.60. The van der Waals surface area contributed by atoms with Crippen LogP contribution in [0.4, 0.5) is 22.0 Å². The highest BCUT2D eigenvalue weighted by atomic mass is 19.4. The summed E-state index contributed by atoms with van der Waals surface area (Å²) in [6.45, 7) is 0.579. The summed E-state index contributed by atoms with van der Waals surface area (Å²) < 4.78 is 67.4. The summed E-state index contributed by atoms with van der Waals surface area (Å²) in [5, 5.41) is 0. The van der Waals surface area contributed by atoms with Gasteiger partial charge in [0.2, 0.25) is 0 Å². The average Bonchev–Trinajstić information content (AvgIpc) is 2.82. The smallest absolute Gasteiger partial charge is 0.456 e. The third-order valence-electron chi connectivity index (χ3n) is 8.26. The van der Waals surface area contributed by atoms with Gasteiger partial charge in [-0.1, -0.05) is 70.4 Å². The van der Waals surface area contributed by atoms with Crippen molar-refractivity contribution in [1.82, 2.24) is 0 Å². The molecule has 2 fully saturated rings. The Hall–Kier alpha value is -1.33. The molecule has 1 aromatic carbocycles. The molecule has 0 aliphatic heterocycles. The SMILES string of the molecule is CCCCC[C@H]1CC[C@H]([C@H]2CC[C@H](CCc3ccc(OCC(F)(F)C(F)(F)F)cc3)CC2)CC1. The van der Waals surface area contributed by atoms with Crippen molar-refractivity contribution in [3.05, 3.63) is 29.8 Å². The van der Waals surface area contributed by atoms with Crippen molar-refractivity contribution in [1.29, 1.82) is 0 Å². The van der Waals surface area contributed by atoms with E-state index in [-0.39, 0.29) is 5.75 Å². The predicted octanol–water partition coefficient (Wildman–Crippen LogP) is 9.39. The summed E-state index contributed by atoms with van der Waals surface area (Å²) in [6, 6.07) is 6.51. The maximum absolute atomic E-state index is 13.0. The van der Waals surface area contributed by atoms with Crippen LogP contribution in [0.5, 0.6) is 5.75 Å². The fourth-order valence-corrected chi connectivity index (χ4v) is 5.96. The maximum Gasteiger partial charge on any atom is 0.456 e. The van der Waals surface area contributed by atoms with Crippen LogP contribution in [0.25, 0.3) is 0 Å². The molecule has 0 atom stereocenters. The molecule has 194 valence electrons. The topological polar surface area (TPSA) is 9.23 Å². The molecule has 2 aliphatic rings. The summed E-state index contributed by atoms with van der Waals surface area (Å²) in [5.74, 6) is -1.29. The fraction of sp³-hybridized carbons (Fsp3) is 0.786. The van der Waals surface area contributed by atoms with Crippen LogP contribution in [0.15, 0.2) is 24.3 Å². The van der Waals surface area contributed by atoms with Gasteiger partial charge in [0.15, 0.2) is 6.61 Å². The summed E-state index contributed by atoms with van der Waals surface area (Å²) in [7, 11) is 0. The normalized spacial score (nSPS) is 26.4. The number of unbranched alkanes of at least 4 members (excludes halogenated alkanes) is 2. The van der Waals surface area contributed by atoms with Crippen LogP contribution in [-0.2, 0) is 6.42 Å². The average molecular weight is 489 g/mol. The number of benzene rings is 1. The second kappa shape index (κ2) is 12.6. The Kier molecular flexibility index (Phi) is 10.1. The zero-order valence-corrected chi connectivity index (χ0v) is 20.5. The lowest BCUT2D eigenvalue weighted by Gasteiger charge is -2.38. The molecule has 0 spiro atoms. The highest BCUT2D eigenvalue weighted by Crippen LogP contribution is 2.43. The van der Waals surface area contributed by atoms with Gasteiger partial charge in [-0.2, -0.15) is 22.0 Å². The Morgan fingerprint density at radius 1 is 0.735 bits per heavy atom. The Morgan fingerprint density at radius 2 is 1.26 bits per heavy atom. The van der Waals surface area contributed by atoms with E-state index in [9.17, 15) is 22.0 Å². The van der Waals surface area contributed by atoms with Gasteiger partial charge in [0.05, 0.1) is 0 Å². The molecule has 34 heavy (non-hydrogen) atoms. The molecular weight excluding hydrogens is 447 g/mol. The van der Waals surface area contributed by atoms with Crippen molar-refractivity contribution < 1.29 is 26.7 Å². The molecule has 0 aromatic heterocycles. The van der Waals surface area contributed by atoms with Crippen LogP contribution >= 0.6 is 0 Å². The van der Waals surface area contributed by atoms with Gasteiger partial charge >= 0.3 is 12.1 Å². The van der Waals surface area contributed by atoms with Crippen LogP contribution in [0, 0.1) is 23.7 Å². The molecule has 1 aromatic rings. The molecule has 0 N–H and O–H groups in total. The molecule has 0 unspecified atom stereocenters. The first-order chi connectivity index (χ1) is 16.2. The van der Waals surface area contributed by atoms with Crippen molar-refractivity contribution in [3.8, 4) is 5.75 Å². The van der Waals surface area contributed by atoms with E-state index in [2.05, 4.69) is 11.7 Å². The zero-order chi connectivity index (χ0) is 24.6. The number of hydrogen-bond donors (Lipinski definition) is 0. The van der Waals surface area contributed by atoms with E-state index in [0.29, 0.717) is 0 Å². The lowest BCUT2D eigenvalue weighted by Crippen LogP contribution is -2.41. The first-order valence-corrected chi connectivity index (χ1v) is 13.3. The lowest BCUT2D eigenvalue weighted by atomic mass is 9.68. The minimum absolute atomic E-state index is 0.0354. The molecule has 0 bridgehead atoms. The monoisotopic (exact) mass is 488 g/mol. The van der Waals surface area contributed by atoms with Gasteiger partial charge in [-0.05, 0) is 79.9 Å². The van der Waals surface area contributed by atoms with E-state index >= 15 is 0 Å². The summed E-state index contributed by atoms with van der Waals surface area (Å²) in [4.78, 5) is 0. The summed E-state index contributed by atoms with van der Waals surface area (Å²) >= 11 is 0. The Labute approximate surface area is 201 Å². The van der Waals surface area contributed by atoms with E-state index in [1.165, 1.54) is 89.2 Å². The molecule has 1 nitrogen and oxygen atoms in total. The zero-order valence-electron chi connectivity index (χ0n) is 20.5. The molecule has 0 saturated heterocycles. The van der Waals surface area contributed by atoms with Crippen molar-refractivity contribution in [3.63, 3.8) is 0 Å². The first kappa shape index (κ1) is 27.3. The summed E-state index contributed by atoms with van der Waals surface area (Å²) in [5.41, 5.74) is 1.07. The molecule has 2 aliphatic carbocycles. The largest absolute Gasteiger partial charge is 0.487 e. The van der Waals surface area contributed by atoms with Gasteiger partial charge in [-0.15, -0.1) is 0 Å². The van der Waals surface area contributed by atoms with Gasteiger partial charge in [0.1, 0.15) is 5.75 Å². The Bertz CT molecular complexity index is 699. The second-order valence-electron chi connectivity index (χ2n) is 10.7. The van der Waals surface area contributed by atoms with Gasteiger partial charge in [-0.25, -0.2) is 0 Å². The van der Waals surface area contributed by atoms with Gasteiger partial charge in [0.25, 0.3) is 0 Å². The number of halogens is 5. The second-order valence-corrected chi connectivity index (χ2v) is 10.7. The third-order valence-corrected chi connectivity index (χ3v) is 8.26. The predicted molar refractivity (Wildman–Crippen MR) is 126 cm³/mol. The number of rotatable bonds is 11. The molecule has 0 radical (unpaired) electrons. The van der Waals surface area contributed by atoms with Crippen molar-refractivity contribution >= 4 is 0 Å². The van der Waals surface area contributed by atoms with E-state index < -0.39 is 18.7 Å². The first-order valence-electron chi connectivity index (χ1n) is 13.3. The van der Waals surface area contributed by atoms with Crippen LogP contribution in [0.1, 0.15) is 96.0 Å². The quantitative estimate of drug-likeness (QED) is 0.223. The Balaban J connectivity index is 1.32. The Morgan fingerprint density at radius 3 is 1.76 bits per heavy atom. The molecular formula is C28H41F5O. The van der Waals surface area contributed by atoms with Gasteiger partial charge in [-0.3, -0.25) is 0 Å². The fourth-order valence-electron chi connectivity index (χ4n) is 5.96. The van der Waals surface area contributed by atoms with Crippen LogP contribution in [0.2, 0.25) is 0 Å². The number of aryl methyl sites for hydroxylation is 1. The van der Waals surface area contributed by atoms with E-state index in [1.807, 2.05) is 0 Å². The highest BCUT2D eigenvalue weighted by molar-refractivity contribution is 5.27. The van der Waals surface area contributed by atoms with Gasteiger partial charge < -0.3 is 4.74 Å². The summed E-state index contributed by atoms with van der Waals surface area (Å²) in [6.07, 6.45) is 12.9. The van der Waals surface area contributed by atoms with Gasteiger partial charge in [0, 0.05) is 0 Å². The van der Waals surface area contributed by atoms with E-state index in [4.69, 9.17) is 0 Å². The molecule has 0 amide bonds. The lowest BCUT2D eigenvalue weighted by molar-refractivity contribution is -0.290. The van der Waals surface area contributed by atoms with Crippen molar-refractivity contribution in [2.45, 2.75) is 109 Å². The third kappa shape index (κ3) is 8.12. The maximum atomic E-state index is 13.0. The molecule has 0 heterocycles. The van der Waals surface area contributed by atoms with E-state index in [1.54, 1.807) is 12.1 Å². The number of ether oxygens (including phenoxy) is 1. The van der Waals surface area contributed by atoms with E-state index in [0.717, 1.165) is 42.1 Å². The number of hydrogen-bond acceptors (Lipinski definition) is 1. The van der Waals surface area contributed by atoms with Crippen LogP contribution in [-0.4, -0.2) is 18.7 Å². The number of alkyl halides is 5. The highest BCUT2D eigenvalue weighted by Gasteiger charge is 2.58. The van der Waals surface area contributed by atoms with Crippen LogP contribution < -0.4 is 4.74 Å². The minimum Gasteiger partial charge on any atom is -0.487 e. The molecule has 3 rings (SSSR count). The van der Waals surface area contributed by atoms with Crippen molar-refractivity contribution in [2.24, 2.45) is 23.7 Å². The molecule has 2 saturated carbocycles. The van der Waals surface area contributed by atoms with Crippen LogP contribution in [0.3, 0.4) is 0 Å².